The first-order valence-corrected chi connectivity index (χ1v) is 8.61. The Morgan fingerprint density at radius 3 is 2.54 bits per heavy atom. The zero-order valence-electron chi connectivity index (χ0n) is 15.2. The lowest BCUT2D eigenvalue weighted by molar-refractivity contribution is -0.134. The molecule has 0 bridgehead atoms. The van der Waals surface area contributed by atoms with Gasteiger partial charge in [-0.1, -0.05) is 32.9 Å². The van der Waals surface area contributed by atoms with Crippen molar-refractivity contribution < 1.29 is 4.79 Å². The summed E-state index contributed by atoms with van der Waals surface area (Å²) in [5.41, 5.74) is 0.602. The molecule has 1 amide bonds. The predicted octanol–water partition coefficient (Wildman–Crippen LogP) is 3.28. The third-order valence-corrected chi connectivity index (χ3v) is 4.23. The number of hydrogen-bond donors (Lipinski definition) is 0. The van der Waals surface area contributed by atoms with Crippen LogP contribution < -0.4 is 5.56 Å². The van der Waals surface area contributed by atoms with Crippen LogP contribution in [0, 0.1) is 5.92 Å². The minimum atomic E-state index is -0.237. The number of fused-ring (bicyclic) bond motifs is 1. The lowest BCUT2D eigenvalue weighted by atomic mass is 10.1. The van der Waals surface area contributed by atoms with Gasteiger partial charge in [-0.05, 0) is 31.4 Å². The number of rotatable bonds is 6. The third kappa shape index (κ3) is 3.66. The number of aromatic nitrogens is 2. The van der Waals surface area contributed by atoms with Gasteiger partial charge < -0.3 is 4.90 Å². The van der Waals surface area contributed by atoms with Crippen molar-refractivity contribution in [2.75, 3.05) is 6.54 Å². The van der Waals surface area contributed by atoms with Crippen LogP contribution in [0.15, 0.2) is 29.1 Å². The van der Waals surface area contributed by atoms with Crippen LogP contribution in [0.3, 0.4) is 0 Å². The summed E-state index contributed by atoms with van der Waals surface area (Å²) in [5.74, 6) is 1.04. The summed E-state index contributed by atoms with van der Waals surface area (Å²) in [6, 6.07) is 7.10. The summed E-state index contributed by atoms with van der Waals surface area (Å²) in [4.78, 5) is 31.7. The smallest absolute Gasteiger partial charge is 0.261 e. The highest BCUT2D eigenvalue weighted by molar-refractivity contribution is 5.78. The van der Waals surface area contributed by atoms with Gasteiger partial charge in [0.1, 0.15) is 5.82 Å². The Hall–Kier alpha value is -2.17. The molecule has 0 radical (unpaired) electrons. The fraction of sp³-hybridized carbons (Fsp3) is 0.526. The van der Waals surface area contributed by atoms with Crippen molar-refractivity contribution in [3.05, 3.63) is 40.4 Å². The molecule has 2 rings (SSSR count). The molecular formula is C19H27N3O2. The van der Waals surface area contributed by atoms with E-state index in [1.54, 1.807) is 17.7 Å². The lowest BCUT2D eigenvalue weighted by Crippen LogP contribution is -2.38. The molecule has 0 spiro atoms. The summed E-state index contributed by atoms with van der Waals surface area (Å²) in [6.45, 7) is 8.74. The molecule has 1 atom stereocenters. The summed E-state index contributed by atoms with van der Waals surface area (Å²) >= 11 is 0. The lowest BCUT2D eigenvalue weighted by Gasteiger charge is -2.30. The van der Waals surface area contributed by atoms with Crippen molar-refractivity contribution in [3.63, 3.8) is 0 Å². The van der Waals surface area contributed by atoms with Gasteiger partial charge in [0.05, 0.1) is 16.9 Å². The van der Waals surface area contributed by atoms with E-state index in [0.717, 1.165) is 6.42 Å². The largest absolute Gasteiger partial charge is 0.333 e. The van der Waals surface area contributed by atoms with Crippen LogP contribution in [0.5, 0.6) is 0 Å². The molecule has 0 fully saturated rings. The van der Waals surface area contributed by atoms with Gasteiger partial charge in [-0.15, -0.1) is 0 Å². The van der Waals surface area contributed by atoms with Gasteiger partial charge in [0, 0.05) is 20.0 Å². The normalized spacial score (nSPS) is 12.6. The summed E-state index contributed by atoms with van der Waals surface area (Å²) in [5, 5.41) is 0.603. The van der Waals surface area contributed by atoms with Crippen molar-refractivity contribution in [3.8, 4) is 0 Å². The molecular weight excluding hydrogens is 302 g/mol. The van der Waals surface area contributed by atoms with E-state index in [1.165, 1.54) is 0 Å². The molecule has 1 unspecified atom stereocenters. The molecule has 24 heavy (non-hydrogen) atoms. The highest BCUT2D eigenvalue weighted by atomic mass is 16.2. The number of para-hydroxylation sites is 1. The highest BCUT2D eigenvalue weighted by Crippen LogP contribution is 2.21. The Balaban J connectivity index is 2.47. The standard InChI is InChI=1S/C19H27N3O2/c1-6-11-22(17(23)12-13(2)3)14(4)18-20-16-10-8-7-9-15(16)19(24)21(18)5/h7-10,13-14H,6,11-12H2,1-5H3. The molecule has 0 aliphatic rings. The van der Waals surface area contributed by atoms with Crippen LogP contribution in [-0.2, 0) is 11.8 Å². The van der Waals surface area contributed by atoms with Gasteiger partial charge in [-0.25, -0.2) is 4.98 Å². The van der Waals surface area contributed by atoms with E-state index in [9.17, 15) is 9.59 Å². The molecule has 1 heterocycles. The number of benzene rings is 1. The molecule has 130 valence electrons. The molecule has 0 N–H and O–H groups in total. The molecule has 0 aliphatic heterocycles. The van der Waals surface area contributed by atoms with Gasteiger partial charge in [-0.3, -0.25) is 14.2 Å². The van der Waals surface area contributed by atoms with Gasteiger partial charge >= 0.3 is 0 Å². The maximum Gasteiger partial charge on any atom is 0.261 e. The quantitative estimate of drug-likeness (QED) is 0.817. The molecule has 0 saturated carbocycles. The molecule has 0 aliphatic carbocycles. The number of nitrogens with zero attached hydrogens (tertiary/aromatic N) is 3. The van der Waals surface area contributed by atoms with E-state index < -0.39 is 0 Å². The molecule has 0 saturated heterocycles. The monoisotopic (exact) mass is 329 g/mol. The van der Waals surface area contributed by atoms with Crippen molar-refractivity contribution in [1.82, 2.24) is 14.5 Å². The Bertz CT molecular complexity index is 780. The van der Waals surface area contributed by atoms with E-state index in [1.807, 2.05) is 43.9 Å². The van der Waals surface area contributed by atoms with Gasteiger partial charge in [0.2, 0.25) is 5.91 Å². The van der Waals surface area contributed by atoms with E-state index in [4.69, 9.17) is 0 Å². The Labute approximate surface area is 143 Å². The van der Waals surface area contributed by atoms with Gasteiger partial charge in [-0.2, -0.15) is 0 Å². The molecule has 2 aromatic rings. The highest BCUT2D eigenvalue weighted by Gasteiger charge is 2.25. The summed E-state index contributed by atoms with van der Waals surface area (Å²) < 4.78 is 1.57. The SMILES string of the molecule is CCCN(C(=O)CC(C)C)C(C)c1nc2ccccc2c(=O)n1C. The second kappa shape index (κ2) is 7.60. The topological polar surface area (TPSA) is 55.2 Å². The maximum absolute atomic E-state index is 12.6. The Morgan fingerprint density at radius 2 is 1.92 bits per heavy atom. The number of carbonyl (C=O) groups excluding carboxylic acids is 1. The average Bonchev–Trinajstić information content (AvgIpc) is 2.54. The second-order valence-corrected chi connectivity index (χ2v) is 6.71. The van der Waals surface area contributed by atoms with E-state index in [2.05, 4.69) is 11.9 Å². The fourth-order valence-electron chi connectivity index (χ4n) is 2.99. The maximum atomic E-state index is 12.6. The van der Waals surface area contributed by atoms with E-state index >= 15 is 0 Å². The van der Waals surface area contributed by atoms with Crippen molar-refractivity contribution in [1.29, 1.82) is 0 Å². The average molecular weight is 329 g/mol. The molecule has 5 nitrogen and oxygen atoms in total. The minimum absolute atomic E-state index is 0.0739. The first kappa shape index (κ1) is 18.2. The van der Waals surface area contributed by atoms with Crippen LogP contribution in [0.1, 0.15) is 52.4 Å². The van der Waals surface area contributed by atoms with Gasteiger partial charge in [0.25, 0.3) is 5.56 Å². The van der Waals surface area contributed by atoms with Crippen LogP contribution in [0.4, 0.5) is 0 Å². The van der Waals surface area contributed by atoms with Crippen molar-refractivity contribution >= 4 is 16.8 Å². The number of hydrogen-bond acceptors (Lipinski definition) is 3. The number of amides is 1. The van der Waals surface area contributed by atoms with Crippen LogP contribution in [0.2, 0.25) is 0 Å². The van der Waals surface area contributed by atoms with Crippen molar-refractivity contribution in [2.45, 2.75) is 46.6 Å². The molecule has 5 heteroatoms. The van der Waals surface area contributed by atoms with E-state index in [-0.39, 0.29) is 17.5 Å². The Morgan fingerprint density at radius 1 is 1.25 bits per heavy atom. The third-order valence-electron chi connectivity index (χ3n) is 4.23. The van der Waals surface area contributed by atoms with Crippen LogP contribution >= 0.6 is 0 Å². The first-order chi connectivity index (χ1) is 11.4. The number of carbonyl (C=O) groups is 1. The minimum Gasteiger partial charge on any atom is -0.333 e. The zero-order valence-corrected chi connectivity index (χ0v) is 15.2. The van der Waals surface area contributed by atoms with E-state index in [0.29, 0.717) is 35.6 Å². The van der Waals surface area contributed by atoms with Crippen LogP contribution in [-0.4, -0.2) is 26.9 Å². The molecule has 1 aromatic carbocycles. The van der Waals surface area contributed by atoms with Crippen LogP contribution in [0.25, 0.3) is 10.9 Å². The van der Waals surface area contributed by atoms with Crippen molar-refractivity contribution in [2.24, 2.45) is 13.0 Å². The zero-order chi connectivity index (χ0) is 17.9. The predicted molar refractivity (Wildman–Crippen MR) is 96.9 cm³/mol. The first-order valence-electron chi connectivity index (χ1n) is 8.61. The van der Waals surface area contributed by atoms with Gasteiger partial charge in [0.15, 0.2) is 0 Å². The summed E-state index contributed by atoms with van der Waals surface area (Å²) in [7, 11) is 1.73. The Kier molecular flexibility index (Phi) is 5.75. The molecule has 1 aromatic heterocycles. The summed E-state index contributed by atoms with van der Waals surface area (Å²) in [6.07, 6.45) is 1.38. The second-order valence-electron chi connectivity index (χ2n) is 6.71. The fourth-order valence-corrected chi connectivity index (χ4v) is 2.99.